The summed E-state index contributed by atoms with van der Waals surface area (Å²) in [6.45, 7) is 3.02. The predicted molar refractivity (Wildman–Crippen MR) is 112 cm³/mol. The number of carbonyl (C=O) groups is 1. The smallest absolute Gasteiger partial charge is 0.252 e. The second-order valence-corrected chi connectivity index (χ2v) is 7.61. The lowest BCUT2D eigenvalue weighted by molar-refractivity contribution is 0.0950. The van der Waals surface area contributed by atoms with Crippen LogP contribution in [0.15, 0.2) is 54.9 Å². The molecule has 28 heavy (non-hydrogen) atoms. The van der Waals surface area contributed by atoms with E-state index >= 15 is 0 Å². The van der Waals surface area contributed by atoms with E-state index in [1.54, 1.807) is 12.4 Å². The summed E-state index contributed by atoms with van der Waals surface area (Å²) >= 11 is 0. The van der Waals surface area contributed by atoms with Gasteiger partial charge in [-0.25, -0.2) is 4.98 Å². The van der Waals surface area contributed by atoms with E-state index in [1.165, 1.54) is 12.8 Å². The topological polar surface area (TPSA) is 58.1 Å². The molecule has 1 amide bonds. The summed E-state index contributed by atoms with van der Waals surface area (Å²) in [5.41, 5.74) is 3.18. The normalized spacial score (nSPS) is 15.6. The third-order valence-electron chi connectivity index (χ3n) is 5.59. The van der Waals surface area contributed by atoms with Crippen molar-refractivity contribution in [2.75, 3.05) is 26.7 Å². The molecule has 1 aliphatic heterocycles. The molecule has 5 heteroatoms. The Bertz CT molecular complexity index is 949. The minimum Gasteiger partial charge on any atom is -0.352 e. The number of piperidine rings is 1. The van der Waals surface area contributed by atoms with E-state index in [9.17, 15) is 4.79 Å². The fourth-order valence-corrected chi connectivity index (χ4v) is 3.86. The number of hydrogen-bond acceptors (Lipinski definition) is 4. The van der Waals surface area contributed by atoms with Crippen LogP contribution < -0.4 is 5.32 Å². The fraction of sp³-hybridized carbons (Fsp3) is 0.348. The molecule has 0 atom stereocenters. The lowest BCUT2D eigenvalue weighted by atomic mass is 9.94. The SMILES string of the molecule is CN1CCC(CCNC(=O)c2cc(-c3cccnc3)nc3ccccc23)CC1. The number of amides is 1. The van der Waals surface area contributed by atoms with Crippen molar-refractivity contribution in [3.63, 3.8) is 0 Å². The molecule has 0 aliphatic carbocycles. The molecule has 5 nitrogen and oxygen atoms in total. The van der Waals surface area contributed by atoms with E-state index in [-0.39, 0.29) is 5.91 Å². The maximum Gasteiger partial charge on any atom is 0.252 e. The highest BCUT2D eigenvalue weighted by Gasteiger charge is 2.18. The molecule has 0 saturated carbocycles. The molecule has 1 fully saturated rings. The Morgan fingerprint density at radius 3 is 2.79 bits per heavy atom. The van der Waals surface area contributed by atoms with Crippen molar-refractivity contribution < 1.29 is 4.79 Å². The predicted octanol–water partition coefficient (Wildman–Crippen LogP) is 3.76. The Balaban J connectivity index is 1.52. The summed E-state index contributed by atoms with van der Waals surface area (Å²) in [6, 6.07) is 13.5. The van der Waals surface area contributed by atoms with Gasteiger partial charge in [-0.15, -0.1) is 0 Å². The molecular formula is C23H26N4O. The molecule has 3 aromatic rings. The van der Waals surface area contributed by atoms with Crippen LogP contribution in [0.25, 0.3) is 22.2 Å². The standard InChI is InChI=1S/C23H26N4O/c1-27-13-9-17(10-14-27)8-12-25-23(28)20-15-22(18-5-4-11-24-16-18)26-21-7-3-2-6-19(20)21/h2-7,11,15-17H,8-10,12-14H2,1H3,(H,25,28). The van der Waals surface area contributed by atoms with Gasteiger partial charge in [-0.3, -0.25) is 9.78 Å². The number of nitrogens with one attached hydrogen (secondary N) is 1. The Labute approximate surface area is 165 Å². The van der Waals surface area contributed by atoms with Gasteiger partial charge < -0.3 is 10.2 Å². The Morgan fingerprint density at radius 2 is 2.00 bits per heavy atom. The van der Waals surface area contributed by atoms with Crippen LogP contribution in [0.5, 0.6) is 0 Å². The highest BCUT2D eigenvalue weighted by Crippen LogP contribution is 2.24. The molecule has 0 unspecified atom stereocenters. The molecule has 0 bridgehead atoms. The number of benzene rings is 1. The number of nitrogens with zero attached hydrogens (tertiary/aromatic N) is 3. The van der Waals surface area contributed by atoms with E-state index in [4.69, 9.17) is 4.98 Å². The van der Waals surface area contributed by atoms with E-state index in [2.05, 4.69) is 22.2 Å². The zero-order valence-corrected chi connectivity index (χ0v) is 16.3. The molecule has 1 N–H and O–H groups in total. The average Bonchev–Trinajstić information content (AvgIpc) is 2.75. The van der Waals surface area contributed by atoms with Crippen molar-refractivity contribution in [3.8, 4) is 11.3 Å². The van der Waals surface area contributed by atoms with Gasteiger partial charge in [0, 0.05) is 29.9 Å². The molecule has 0 spiro atoms. The third kappa shape index (κ3) is 4.20. The molecule has 1 aliphatic rings. The maximum atomic E-state index is 13.0. The first kappa shape index (κ1) is 18.6. The monoisotopic (exact) mass is 374 g/mol. The maximum absolute atomic E-state index is 13.0. The highest BCUT2D eigenvalue weighted by molar-refractivity contribution is 6.07. The van der Waals surface area contributed by atoms with Crippen LogP contribution in [-0.4, -0.2) is 47.5 Å². The first-order valence-electron chi connectivity index (χ1n) is 9.97. The first-order valence-corrected chi connectivity index (χ1v) is 9.97. The van der Waals surface area contributed by atoms with Crippen LogP contribution in [0.4, 0.5) is 0 Å². The number of rotatable bonds is 5. The van der Waals surface area contributed by atoms with Crippen molar-refractivity contribution in [3.05, 3.63) is 60.4 Å². The van der Waals surface area contributed by atoms with Crippen molar-refractivity contribution in [2.45, 2.75) is 19.3 Å². The van der Waals surface area contributed by atoms with Crippen molar-refractivity contribution in [1.29, 1.82) is 0 Å². The number of aromatic nitrogens is 2. The third-order valence-corrected chi connectivity index (χ3v) is 5.59. The second kappa shape index (κ2) is 8.48. The molecule has 2 aromatic heterocycles. The lowest BCUT2D eigenvalue weighted by Crippen LogP contribution is -2.32. The summed E-state index contributed by atoms with van der Waals surface area (Å²) in [4.78, 5) is 24.2. The molecule has 144 valence electrons. The van der Waals surface area contributed by atoms with Crippen LogP contribution in [-0.2, 0) is 0 Å². The quantitative estimate of drug-likeness (QED) is 0.739. The minimum absolute atomic E-state index is 0.0309. The molecule has 3 heterocycles. The van der Waals surface area contributed by atoms with Gasteiger partial charge in [0.15, 0.2) is 0 Å². The zero-order valence-electron chi connectivity index (χ0n) is 16.3. The summed E-state index contributed by atoms with van der Waals surface area (Å²) in [7, 11) is 2.17. The van der Waals surface area contributed by atoms with Gasteiger partial charge in [0.25, 0.3) is 5.91 Å². The van der Waals surface area contributed by atoms with E-state index in [0.29, 0.717) is 18.0 Å². The van der Waals surface area contributed by atoms with E-state index in [0.717, 1.165) is 41.7 Å². The van der Waals surface area contributed by atoms with Gasteiger partial charge in [0.2, 0.25) is 0 Å². The number of pyridine rings is 2. The zero-order chi connectivity index (χ0) is 19.3. The van der Waals surface area contributed by atoms with Gasteiger partial charge in [0.1, 0.15) is 0 Å². The van der Waals surface area contributed by atoms with E-state index < -0.39 is 0 Å². The van der Waals surface area contributed by atoms with Crippen LogP contribution in [0.3, 0.4) is 0 Å². The van der Waals surface area contributed by atoms with Gasteiger partial charge >= 0.3 is 0 Å². The van der Waals surface area contributed by atoms with Crippen LogP contribution >= 0.6 is 0 Å². The lowest BCUT2D eigenvalue weighted by Gasteiger charge is -2.28. The van der Waals surface area contributed by atoms with Gasteiger partial charge in [-0.05, 0) is 69.6 Å². The Hall–Kier alpha value is -2.79. The molecule has 1 saturated heterocycles. The summed E-state index contributed by atoms with van der Waals surface area (Å²) in [5, 5.41) is 4.01. The number of carbonyl (C=O) groups excluding carboxylic acids is 1. The number of fused-ring (bicyclic) bond motifs is 1. The summed E-state index contributed by atoms with van der Waals surface area (Å²) in [6.07, 6.45) is 6.99. The largest absolute Gasteiger partial charge is 0.352 e. The van der Waals surface area contributed by atoms with Crippen LogP contribution in [0, 0.1) is 5.92 Å². The van der Waals surface area contributed by atoms with Crippen molar-refractivity contribution >= 4 is 16.8 Å². The fourth-order valence-electron chi connectivity index (χ4n) is 3.86. The minimum atomic E-state index is -0.0309. The second-order valence-electron chi connectivity index (χ2n) is 7.61. The summed E-state index contributed by atoms with van der Waals surface area (Å²) in [5.74, 6) is 0.674. The van der Waals surface area contributed by atoms with Crippen LogP contribution in [0.2, 0.25) is 0 Å². The van der Waals surface area contributed by atoms with Crippen molar-refractivity contribution in [1.82, 2.24) is 20.2 Å². The van der Waals surface area contributed by atoms with Gasteiger partial charge in [-0.1, -0.05) is 18.2 Å². The highest BCUT2D eigenvalue weighted by atomic mass is 16.1. The van der Waals surface area contributed by atoms with Crippen LogP contribution in [0.1, 0.15) is 29.6 Å². The van der Waals surface area contributed by atoms with Gasteiger partial charge in [0.05, 0.1) is 16.8 Å². The molecular weight excluding hydrogens is 348 g/mol. The molecule has 0 radical (unpaired) electrons. The number of para-hydroxylation sites is 1. The Kier molecular flexibility index (Phi) is 5.63. The number of likely N-dealkylation sites (tertiary alicyclic amines) is 1. The van der Waals surface area contributed by atoms with E-state index in [1.807, 2.05) is 42.5 Å². The summed E-state index contributed by atoms with van der Waals surface area (Å²) < 4.78 is 0. The number of hydrogen-bond donors (Lipinski definition) is 1. The first-order chi connectivity index (χ1) is 13.7. The molecule has 4 rings (SSSR count). The molecule has 1 aromatic carbocycles. The van der Waals surface area contributed by atoms with Gasteiger partial charge in [-0.2, -0.15) is 0 Å². The average molecular weight is 374 g/mol. The van der Waals surface area contributed by atoms with Crippen molar-refractivity contribution in [2.24, 2.45) is 5.92 Å². The Morgan fingerprint density at radius 1 is 1.18 bits per heavy atom.